The standard InChI is InChI=1S/C40H53N7O9/c1-23(2)19-31(35(52)42-30(20-32(49)50)34(51)44-33(24(3)4)36(53)45-18-10-12-28(45)22-48)47-37(54)40(6,7)46(39(47)56)21-26-14-16-27(17-15-26)41-38(55)43-29-13-9-8-11-25(29)5/h8-9,11,13-17,22-24,28,30-31,33H,10,12,18-21H2,1-7H3,(H,42,52)(H,44,51)(H,49,50)(H2,41,43,55)/t28-,30-,31-,33-/m0/s1. The molecular weight excluding hydrogens is 722 g/mol. The van der Waals surface area contributed by atoms with E-state index in [0.717, 1.165) is 10.5 Å². The van der Waals surface area contributed by atoms with E-state index in [1.165, 1.54) is 9.80 Å². The Hall–Kier alpha value is -5.80. The minimum atomic E-state index is -1.66. The zero-order chi connectivity index (χ0) is 41.5. The van der Waals surface area contributed by atoms with Crippen LogP contribution in [0.3, 0.4) is 0 Å². The number of hydrogen-bond donors (Lipinski definition) is 5. The number of carbonyl (C=O) groups excluding carboxylic acids is 7. The van der Waals surface area contributed by atoms with Gasteiger partial charge in [-0.2, -0.15) is 0 Å². The normalized spacial score (nSPS) is 18.1. The number of amides is 8. The van der Waals surface area contributed by atoms with Gasteiger partial charge in [-0.3, -0.25) is 24.0 Å². The number of nitrogens with one attached hydrogen (secondary N) is 4. The summed E-state index contributed by atoms with van der Waals surface area (Å²) in [6, 6.07) is 8.06. The molecule has 2 aromatic rings. The molecule has 0 aliphatic carbocycles. The van der Waals surface area contributed by atoms with Gasteiger partial charge < -0.3 is 41.0 Å². The number of benzene rings is 2. The topological polar surface area (TPSA) is 215 Å². The van der Waals surface area contributed by atoms with Gasteiger partial charge in [0.2, 0.25) is 17.7 Å². The van der Waals surface area contributed by atoms with Crippen LogP contribution in [0.2, 0.25) is 0 Å². The molecule has 0 saturated carbocycles. The number of likely N-dealkylation sites (tertiary alicyclic amines) is 1. The summed E-state index contributed by atoms with van der Waals surface area (Å²) in [5.41, 5.74) is 1.29. The zero-order valence-electron chi connectivity index (χ0n) is 33.0. The van der Waals surface area contributed by atoms with Gasteiger partial charge in [0.25, 0.3) is 5.91 Å². The number of carboxylic acid groups (broad SMARTS) is 1. The largest absolute Gasteiger partial charge is 0.481 e. The summed E-state index contributed by atoms with van der Waals surface area (Å²) < 4.78 is 0. The summed E-state index contributed by atoms with van der Waals surface area (Å²) in [4.78, 5) is 109. The van der Waals surface area contributed by atoms with Crippen LogP contribution in [-0.4, -0.2) is 104 Å². The van der Waals surface area contributed by atoms with Crippen molar-refractivity contribution in [3.63, 3.8) is 0 Å². The van der Waals surface area contributed by atoms with Gasteiger partial charge in [-0.1, -0.05) is 58.0 Å². The summed E-state index contributed by atoms with van der Waals surface area (Å²) in [6.07, 6.45) is 0.951. The highest BCUT2D eigenvalue weighted by Crippen LogP contribution is 2.33. The molecular formula is C40H53N7O9. The van der Waals surface area contributed by atoms with E-state index < -0.39 is 83.7 Å². The number of imide groups is 1. The molecule has 302 valence electrons. The van der Waals surface area contributed by atoms with Crippen molar-refractivity contribution in [3.8, 4) is 0 Å². The lowest BCUT2D eigenvalue weighted by Gasteiger charge is -2.31. The van der Waals surface area contributed by atoms with Crippen LogP contribution in [0.1, 0.15) is 78.4 Å². The number of anilines is 2. The predicted octanol–water partition coefficient (Wildman–Crippen LogP) is 3.89. The molecule has 0 aromatic heterocycles. The summed E-state index contributed by atoms with van der Waals surface area (Å²) in [6.45, 7) is 12.3. The molecule has 2 saturated heterocycles. The Morgan fingerprint density at radius 3 is 2.18 bits per heavy atom. The molecule has 0 spiro atoms. The lowest BCUT2D eigenvalue weighted by Crippen LogP contribution is -2.59. The maximum atomic E-state index is 14.1. The molecule has 56 heavy (non-hydrogen) atoms. The average molecular weight is 776 g/mol. The second-order valence-corrected chi connectivity index (χ2v) is 15.6. The molecule has 0 bridgehead atoms. The van der Waals surface area contributed by atoms with Crippen LogP contribution in [-0.2, 0) is 35.3 Å². The number of aliphatic carboxylic acids is 1. The van der Waals surface area contributed by atoms with Crippen LogP contribution >= 0.6 is 0 Å². The first-order valence-electron chi connectivity index (χ1n) is 18.8. The van der Waals surface area contributed by atoms with Gasteiger partial charge in [0.05, 0.1) is 12.5 Å². The van der Waals surface area contributed by atoms with Crippen LogP contribution in [0.5, 0.6) is 0 Å². The maximum Gasteiger partial charge on any atom is 0.328 e. The fraction of sp³-hybridized carbons (Fsp3) is 0.500. The summed E-state index contributed by atoms with van der Waals surface area (Å²) in [5.74, 6) is -5.07. The zero-order valence-corrected chi connectivity index (χ0v) is 33.0. The van der Waals surface area contributed by atoms with E-state index in [1.54, 1.807) is 71.9 Å². The maximum absolute atomic E-state index is 14.1. The second kappa shape index (κ2) is 18.2. The summed E-state index contributed by atoms with van der Waals surface area (Å²) >= 11 is 0. The van der Waals surface area contributed by atoms with Crippen LogP contribution in [0.4, 0.5) is 21.0 Å². The van der Waals surface area contributed by atoms with Crippen molar-refractivity contribution in [1.82, 2.24) is 25.3 Å². The molecule has 2 heterocycles. The molecule has 8 amide bonds. The monoisotopic (exact) mass is 775 g/mol. The number of urea groups is 2. The van der Waals surface area contributed by atoms with E-state index in [0.29, 0.717) is 42.6 Å². The van der Waals surface area contributed by atoms with Crippen LogP contribution in [0.25, 0.3) is 0 Å². The molecule has 2 aromatic carbocycles. The number of aldehydes is 1. The Morgan fingerprint density at radius 1 is 0.929 bits per heavy atom. The third kappa shape index (κ3) is 10.1. The van der Waals surface area contributed by atoms with E-state index in [1.807, 2.05) is 25.1 Å². The number of para-hydroxylation sites is 1. The highest BCUT2D eigenvalue weighted by Gasteiger charge is 2.55. The number of hydrogen-bond acceptors (Lipinski definition) is 8. The molecule has 16 nitrogen and oxygen atoms in total. The molecule has 0 radical (unpaired) electrons. The van der Waals surface area contributed by atoms with E-state index in [-0.39, 0.29) is 18.9 Å². The molecule has 2 aliphatic heterocycles. The number of carboxylic acids is 1. The predicted molar refractivity (Wildman–Crippen MR) is 207 cm³/mol. The molecule has 5 N–H and O–H groups in total. The van der Waals surface area contributed by atoms with Gasteiger partial charge in [0, 0.05) is 24.5 Å². The van der Waals surface area contributed by atoms with Gasteiger partial charge >= 0.3 is 18.0 Å². The van der Waals surface area contributed by atoms with Crippen LogP contribution in [0.15, 0.2) is 48.5 Å². The summed E-state index contributed by atoms with van der Waals surface area (Å²) in [5, 5.41) is 20.3. The van der Waals surface area contributed by atoms with E-state index in [2.05, 4.69) is 21.3 Å². The van der Waals surface area contributed by atoms with Crippen molar-refractivity contribution >= 4 is 59.3 Å². The fourth-order valence-electron chi connectivity index (χ4n) is 6.86. The van der Waals surface area contributed by atoms with E-state index >= 15 is 0 Å². The fourth-order valence-corrected chi connectivity index (χ4v) is 6.86. The van der Waals surface area contributed by atoms with E-state index in [4.69, 9.17) is 0 Å². The number of carbonyl (C=O) groups is 8. The minimum Gasteiger partial charge on any atom is -0.481 e. The van der Waals surface area contributed by atoms with Crippen molar-refractivity contribution in [2.24, 2.45) is 11.8 Å². The molecule has 2 fully saturated rings. The molecule has 0 unspecified atom stereocenters. The third-order valence-corrected chi connectivity index (χ3v) is 10.1. The van der Waals surface area contributed by atoms with Crippen molar-refractivity contribution in [3.05, 3.63) is 59.7 Å². The highest BCUT2D eigenvalue weighted by molar-refractivity contribution is 6.10. The molecule has 2 aliphatic rings. The Bertz CT molecular complexity index is 1830. The minimum absolute atomic E-state index is 0.00866. The second-order valence-electron chi connectivity index (χ2n) is 15.6. The number of rotatable bonds is 16. The SMILES string of the molecule is Cc1ccccc1NC(=O)Nc1ccc(CN2C(=O)N([C@@H](CC(C)C)C(=O)N[C@@H](CC(=O)O)C(=O)N[C@H](C(=O)N3CCC[C@H]3C=O)C(C)C)C(=O)C2(C)C)cc1. The Morgan fingerprint density at radius 2 is 1.59 bits per heavy atom. The molecule has 4 atom stereocenters. The van der Waals surface area contributed by atoms with Crippen LogP contribution < -0.4 is 21.3 Å². The highest BCUT2D eigenvalue weighted by atomic mass is 16.4. The van der Waals surface area contributed by atoms with Crippen LogP contribution in [0, 0.1) is 18.8 Å². The first kappa shape index (κ1) is 42.9. The smallest absolute Gasteiger partial charge is 0.328 e. The molecule has 4 rings (SSSR count). The van der Waals surface area contributed by atoms with Crippen molar-refractivity contribution in [1.29, 1.82) is 0 Å². The lowest BCUT2D eigenvalue weighted by molar-refractivity contribution is -0.144. The first-order valence-corrected chi connectivity index (χ1v) is 18.8. The van der Waals surface area contributed by atoms with Gasteiger partial charge in [-0.05, 0) is 81.2 Å². The van der Waals surface area contributed by atoms with Crippen molar-refractivity contribution in [2.75, 3.05) is 17.2 Å². The summed E-state index contributed by atoms with van der Waals surface area (Å²) in [7, 11) is 0. The lowest BCUT2D eigenvalue weighted by atomic mass is 9.98. The van der Waals surface area contributed by atoms with Gasteiger partial charge in [-0.15, -0.1) is 0 Å². The van der Waals surface area contributed by atoms with Crippen molar-refractivity contribution < 1.29 is 43.5 Å². The number of nitrogens with zero attached hydrogens (tertiary/aromatic N) is 3. The van der Waals surface area contributed by atoms with Gasteiger partial charge in [0.1, 0.15) is 30.0 Å². The van der Waals surface area contributed by atoms with Gasteiger partial charge in [-0.25, -0.2) is 14.5 Å². The molecule has 16 heteroatoms. The Kier molecular flexibility index (Phi) is 14.0. The first-order chi connectivity index (χ1) is 26.3. The third-order valence-electron chi connectivity index (χ3n) is 10.1. The van der Waals surface area contributed by atoms with Gasteiger partial charge in [0.15, 0.2) is 0 Å². The van der Waals surface area contributed by atoms with Crippen molar-refractivity contribution in [2.45, 2.75) is 110 Å². The van der Waals surface area contributed by atoms with E-state index in [9.17, 15) is 43.5 Å². The average Bonchev–Trinajstić information content (AvgIpc) is 3.67. The Balaban J connectivity index is 1.50. The quantitative estimate of drug-likeness (QED) is 0.123. The number of aryl methyl sites for hydroxylation is 1. The Labute approximate surface area is 326 Å².